The van der Waals surface area contributed by atoms with Gasteiger partial charge in [0.05, 0.1) is 6.61 Å². The molecule has 0 bridgehead atoms. The Morgan fingerprint density at radius 1 is 1.26 bits per heavy atom. The maximum atomic E-state index is 14.9. The van der Waals surface area contributed by atoms with Gasteiger partial charge in [0.2, 0.25) is 6.17 Å². The number of alkyl halides is 1. The molecule has 3 atom stereocenters. The normalized spacial score (nSPS) is 17.2. The highest BCUT2D eigenvalue weighted by molar-refractivity contribution is 7.86. The number of ether oxygens (including phenoxy) is 1. The number of hydrogen-bond donors (Lipinski definition) is 0. The lowest BCUT2D eigenvalue weighted by Crippen LogP contribution is -2.47. The van der Waals surface area contributed by atoms with E-state index in [0.29, 0.717) is 0 Å². The van der Waals surface area contributed by atoms with Crippen molar-refractivity contribution < 1.29 is 22.5 Å². The Kier molecular flexibility index (Phi) is 6.45. The van der Waals surface area contributed by atoms with Crippen molar-refractivity contribution in [2.24, 2.45) is 0 Å². The average Bonchev–Trinajstić information content (AvgIpc) is 2.45. The molecule has 0 N–H and O–H groups in total. The third kappa shape index (κ3) is 4.59. The minimum Gasteiger partial charge on any atom is -0.464 e. The SMILES string of the molecule is CCOC(=O)[C@@H](F)[C@](C)(C[S@](=O)C(C)(C)C)c1ccccc1F. The number of rotatable bonds is 6. The fourth-order valence-corrected chi connectivity index (χ4v) is 3.46. The Morgan fingerprint density at radius 3 is 2.30 bits per heavy atom. The van der Waals surface area contributed by atoms with Crippen LogP contribution in [0.5, 0.6) is 0 Å². The quantitative estimate of drug-likeness (QED) is 0.740. The molecule has 0 aliphatic rings. The first-order chi connectivity index (χ1) is 10.5. The molecule has 0 amide bonds. The molecule has 0 fully saturated rings. The highest BCUT2D eigenvalue weighted by Crippen LogP contribution is 2.35. The van der Waals surface area contributed by atoms with Crippen molar-refractivity contribution in [2.75, 3.05) is 12.4 Å². The van der Waals surface area contributed by atoms with Crippen LogP contribution < -0.4 is 0 Å². The van der Waals surface area contributed by atoms with Crippen LogP contribution in [0.3, 0.4) is 0 Å². The summed E-state index contributed by atoms with van der Waals surface area (Å²) in [5, 5.41) is 0. The summed E-state index contributed by atoms with van der Waals surface area (Å²) in [6.07, 6.45) is -2.11. The molecule has 0 heterocycles. The average molecular weight is 346 g/mol. The van der Waals surface area contributed by atoms with Crippen molar-refractivity contribution in [2.45, 2.75) is 51.0 Å². The van der Waals surface area contributed by atoms with Crippen molar-refractivity contribution in [3.63, 3.8) is 0 Å². The maximum Gasteiger partial charge on any atom is 0.341 e. The van der Waals surface area contributed by atoms with Crippen molar-refractivity contribution in [3.8, 4) is 0 Å². The zero-order valence-electron chi connectivity index (χ0n) is 14.2. The fourth-order valence-electron chi connectivity index (χ4n) is 2.18. The molecule has 23 heavy (non-hydrogen) atoms. The van der Waals surface area contributed by atoms with E-state index in [4.69, 9.17) is 4.74 Å². The number of carbonyl (C=O) groups excluding carboxylic acids is 1. The molecule has 0 aliphatic heterocycles. The van der Waals surface area contributed by atoms with Crippen LogP contribution >= 0.6 is 0 Å². The van der Waals surface area contributed by atoms with E-state index >= 15 is 0 Å². The molecule has 0 spiro atoms. The molecule has 3 nitrogen and oxygen atoms in total. The van der Waals surface area contributed by atoms with Crippen LogP contribution in [0.4, 0.5) is 8.78 Å². The van der Waals surface area contributed by atoms with Gasteiger partial charge in [-0.25, -0.2) is 13.6 Å². The van der Waals surface area contributed by atoms with Crippen molar-refractivity contribution in [3.05, 3.63) is 35.6 Å². The van der Waals surface area contributed by atoms with E-state index in [2.05, 4.69) is 0 Å². The van der Waals surface area contributed by atoms with E-state index in [9.17, 15) is 17.8 Å². The zero-order chi connectivity index (χ0) is 17.8. The largest absolute Gasteiger partial charge is 0.464 e. The van der Waals surface area contributed by atoms with Crippen LogP contribution in [0.1, 0.15) is 40.2 Å². The van der Waals surface area contributed by atoms with Gasteiger partial charge < -0.3 is 4.74 Å². The van der Waals surface area contributed by atoms with Gasteiger partial charge in [-0.15, -0.1) is 0 Å². The molecule has 0 saturated carbocycles. The zero-order valence-corrected chi connectivity index (χ0v) is 15.0. The molecule has 1 aromatic rings. The van der Waals surface area contributed by atoms with Gasteiger partial charge in [-0.3, -0.25) is 4.21 Å². The van der Waals surface area contributed by atoms with Gasteiger partial charge >= 0.3 is 5.97 Å². The smallest absolute Gasteiger partial charge is 0.341 e. The van der Waals surface area contributed by atoms with Crippen LogP contribution in [0.2, 0.25) is 0 Å². The summed E-state index contributed by atoms with van der Waals surface area (Å²) in [4.78, 5) is 11.9. The van der Waals surface area contributed by atoms with E-state index in [1.807, 2.05) is 0 Å². The van der Waals surface area contributed by atoms with E-state index in [1.54, 1.807) is 33.8 Å². The Bertz CT molecular complexity index is 583. The molecule has 0 aromatic heterocycles. The number of hydrogen-bond acceptors (Lipinski definition) is 3. The van der Waals surface area contributed by atoms with Crippen LogP contribution in [0.15, 0.2) is 24.3 Å². The van der Waals surface area contributed by atoms with E-state index in [0.717, 1.165) is 0 Å². The van der Waals surface area contributed by atoms with Gasteiger partial charge in [0.1, 0.15) is 5.82 Å². The Hall–Kier alpha value is -1.30. The molecular formula is C17H24F2O3S. The number of benzene rings is 1. The number of carbonyl (C=O) groups is 1. The van der Waals surface area contributed by atoms with Crippen molar-refractivity contribution in [1.29, 1.82) is 0 Å². The molecule has 0 radical (unpaired) electrons. The lowest BCUT2D eigenvalue weighted by atomic mass is 9.79. The molecule has 6 heteroatoms. The second-order valence-electron chi connectivity index (χ2n) is 6.61. The van der Waals surface area contributed by atoms with Gasteiger partial charge in [0, 0.05) is 26.7 Å². The molecule has 1 aromatic carbocycles. The van der Waals surface area contributed by atoms with Gasteiger partial charge in [-0.05, 0) is 39.3 Å². The third-order valence-corrected chi connectivity index (χ3v) is 5.88. The Morgan fingerprint density at radius 2 is 1.83 bits per heavy atom. The molecule has 130 valence electrons. The minimum absolute atomic E-state index is 0.0228. The number of halogens is 2. The van der Waals surface area contributed by atoms with Crippen LogP contribution in [0, 0.1) is 5.82 Å². The lowest BCUT2D eigenvalue weighted by molar-refractivity contribution is -0.151. The van der Waals surface area contributed by atoms with E-state index in [1.165, 1.54) is 25.1 Å². The summed E-state index contributed by atoms with van der Waals surface area (Å²) in [7, 11) is -1.47. The lowest BCUT2D eigenvalue weighted by Gasteiger charge is -2.34. The first-order valence-corrected chi connectivity index (χ1v) is 8.80. The predicted octanol–water partition coefficient (Wildman–Crippen LogP) is 3.53. The Labute approximate surface area is 138 Å². The highest BCUT2D eigenvalue weighted by Gasteiger charge is 2.46. The van der Waals surface area contributed by atoms with Gasteiger partial charge in [-0.2, -0.15) is 0 Å². The van der Waals surface area contributed by atoms with Gasteiger partial charge in [0.25, 0.3) is 0 Å². The fraction of sp³-hybridized carbons (Fsp3) is 0.588. The second-order valence-corrected chi connectivity index (χ2v) is 8.82. The molecular weight excluding hydrogens is 322 g/mol. The number of esters is 1. The Balaban J connectivity index is 3.33. The van der Waals surface area contributed by atoms with Crippen LogP contribution in [-0.2, 0) is 25.7 Å². The van der Waals surface area contributed by atoms with E-state index in [-0.39, 0.29) is 17.9 Å². The highest BCUT2D eigenvalue weighted by atomic mass is 32.2. The first kappa shape index (κ1) is 19.7. The topological polar surface area (TPSA) is 43.4 Å². The minimum atomic E-state index is -2.11. The predicted molar refractivity (Wildman–Crippen MR) is 88.0 cm³/mol. The summed E-state index contributed by atoms with van der Waals surface area (Å²) in [5.74, 6) is -1.88. The van der Waals surface area contributed by atoms with Crippen molar-refractivity contribution >= 4 is 16.8 Å². The summed E-state index contributed by atoms with van der Waals surface area (Å²) < 4.78 is 45.7. The molecule has 1 rings (SSSR count). The van der Waals surface area contributed by atoms with Crippen LogP contribution in [-0.4, -0.2) is 33.5 Å². The molecule has 0 aliphatic carbocycles. The summed E-state index contributed by atoms with van der Waals surface area (Å²) in [6.45, 7) is 8.26. The van der Waals surface area contributed by atoms with Crippen LogP contribution in [0.25, 0.3) is 0 Å². The summed E-state index contributed by atoms with van der Waals surface area (Å²) in [5.41, 5.74) is -1.55. The van der Waals surface area contributed by atoms with Gasteiger partial charge in [0.15, 0.2) is 0 Å². The first-order valence-electron chi connectivity index (χ1n) is 7.48. The van der Waals surface area contributed by atoms with E-state index < -0.39 is 38.9 Å². The maximum absolute atomic E-state index is 14.9. The summed E-state index contributed by atoms with van der Waals surface area (Å²) in [6, 6.07) is 5.67. The molecule has 0 saturated heterocycles. The standard InChI is InChI=1S/C17H24F2O3S/c1-6-22-15(20)14(19)17(5,11-23(21)16(2,3)4)12-9-7-8-10-13(12)18/h7-10,14H,6,11H2,1-5H3/t14-,17-,23+/m1/s1. The van der Waals surface area contributed by atoms with Gasteiger partial charge in [-0.1, -0.05) is 25.1 Å². The summed E-state index contributed by atoms with van der Waals surface area (Å²) >= 11 is 0. The second kappa shape index (κ2) is 7.51. The monoisotopic (exact) mass is 346 g/mol. The third-order valence-electron chi connectivity index (χ3n) is 3.66. The van der Waals surface area contributed by atoms with Crippen molar-refractivity contribution in [1.82, 2.24) is 0 Å². The molecule has 0 unspecified atom stereocenters.